The van der Waals surface area contributed by atoms with Crippen molar-refractivity contribution in [2.45, 2.75) is 19.3 Å². The summed E-state index contributed by atoms with van der Waals surface area (Å²) in [4.78, 5) is 0. The van der Waals surface area contributed by atoms with Crippen molar-refractivity contribution < 1.29 is 0 Å². The third kappa shape index (κ3) is 3.23. The standard InChI is InChI=1S/C38H28/c1-2-12-26(13-3-1)37-30-16-6-8-18-32(30)38(33-19-9-7-17-31(33)37)34-20-10-14-27-23-35-28(24-36(27)34)22-21-25-11-4-5-15-29(25)35/h1-6,8,10-20,22-25H,7,9,21H2. The van der Waals surface area contributed by atoms with Gasteiger partial charge in [0.15, 0.2) is 0 Å². The molecule has 5 aromatic carbocycles. The highest BCUT2D eigenvalue weighted by molar-refractivity contribution is 6.10. The van der Waals surface area contributed by atoms with Gasteiger partial charge in [0.2, 0.25) is 0 Å². The van der Waals surface area contributed by atoms with Crippen molar-refractivity contribution in [2.24, 2.45) is 5.92 Å². The molecule has 0 nitrogen and oxygen atoms in total. The average Bonchev–Trinajstić information content (AvgIpc) is 2.99. The monoisotopic (exact) mass is 484 g/mol. The summed E-state index contributed by atoms with van der Waals surface area (Å²) in [6, 6.07) is 31.7. The van der Waals surface area contributed by atoms with Crippen LogP contribution in [0.15, 0.2) is 109 Å². The van der Waals surface area contributed by atoms with E-state index < -0.39 is 0 Å². The molecule has 38 heavy (non-hydrogen) atoms. The smallest absolute Gasteiger partial charge is 0.00620 e. The minimum absolute atomic E-state index is 0.500. The van der Waals surface area contributed by atoms with Crippen molar-refractivity contribution in [3.05, 3.63) is 130 Å². The molecule has 0 aromatic heterocycles. The number of benzene rings is 5. The summed E-state index contributed by atoms with van der Waals surface area (Å²) < 4.78 is 0. The maximum absolute atomic E-state index is 2.48. The van der Waals surface area contributed by atoms with Gasteiger partial charge in [0, 0.05) is 5.92 Å². The van der Waals surface area contributed by atoms with E-state index in [1.165, 1.54) is 70.2 Å². The van der Waals surface area contributed by atoms with E-state index in [0.717, 1.165) is 19.3 Å². The summed E-state index contributed by atoms with van der Waals surface area (Å²) >= 11 is 0. The first-order valence-electron chi connectivity index (χ1n) is 13.8. The van der Waals surface area contributed by atoms with Gasteiger partial charge in [-0.2, -0.15) is 0 Å². The van der Waals surface area contributed by atoms with Gasteiger partial charge in [-0.25, -0.2) is 0 Å². The number of rotatable bonds is 2. The third-order valence-corrected chi connectivity index (χ3v) is 8.57. The van der Waals surface area contributed by atoms with E-state index in [9.17, 15) is 0 Å². The summed E-state index contributed by atoms with van der Waals surface area (Å²) in [5.41, 5.74) is 6.82. The molecule has 1 atom stereocenters. The van der Waals surface area contributed by atoms with Crippen LogP contribution in [0.2, 0.25) is 0 Å². The predicted molar refractivity (Wildman–Crippen MR) is 163 cm³/mol. The highest BCUT2D eigenvalue weighted by Gasteiger charge is 2.19. The zero-order chi connectivity index (χ0) is 25.1. The van der Waals surface area contributed by atoms with E-state index >= 15 is 0 Å². The molecule has 8 rings (SSSR count). The lowest BCUT2D eigenvalue weighted by molar-refractivity contribution is 0.864. The Balaban J connectivity index is 1.51. The SMILES string of the molecule is C1=CC2=c3cc4cccc(-c5c6c(c(-c7ccccc7)c7ccccc57)=CCCC=6)c4cc3=CCC2C=C1. The Hall–Kier alpha value is -4.42. The van der Waals surface area contributed by atoms with Crippen LogP contribution in [-0.4, -0.2) is 0 Å². The molecule has 0 amide bonds. The minimum atomic E-state index is 0.500. The van der Waals surface area contributed by atoms with Crippen LogP contribution in [0.3, 0.4) is 0 Å². The molecule has 0 fully saturated rings. The fraction of sp³-hybridized carbons (Fsp3) is 0.105. The van der Waals surface area contributed by atoms with Crippen molar-refractivity contribution >= 4 is 45.3 Å². The molecule has 3 aliphatic rings. The molecule has 0 N–H and O–H groups in total. The molecule has 0 heteroatoms. The summed E-state index contributed by atoms with van der Waals surface area (Å²) in [6.45, 7) is 0. The first-order chi connectivity index (χ1) is 18.9. The van der Waals surface area contributed by atoms with Crippen LogP contribution < -0.4 is 20.9 Å². The van der Waals surface area contributed by atoms with Crippen molar-refractivity contribution in [2.75, 3.05) is 0 Å². The topological polar surface area (TPSA) is 0 Å². The number of hydrogen-bond acceptors (Lipinski definition) is 0. The fourth-order valence-corrected chi connectivity index (χ4v) is 6.88. The third-order valence-electron chi connectivity index (χ3n) is 8.57. The Morgan fingerprint density at radius 3 is 2.21 bits per heavy atom. The molecule has 180 valence electrons. The maximum atomic E-state index is 2.48. The zero-order valence-electron chi connectivity index (χ0n) is 21.3. The first-order valence-corrected chi connectivity index (χ1v) is 13.8. The molecule has 0 saturated carbocycles. The van der Waals surface area contributed by atoms with Crippen LogP contribution in [0, 0.1) is 5.92 Å². The molecule has 0 bridgehead atoms. The number of fused-ring (bicyclic) bond motifs is 5. The summed E-state index contributed by atoms with van der Waals surface area (Å²) in [5, 5.41) is 10.8. The summed E-state index contributed by atoms with van der Waals surface area (Å²) in [5.74, 6) is 0.500. The van der Waals surface area contributed by atoms with Gasteiger partial charge in [0.1, 0.15) is 0 Å². The lowest BCUT2D eigenvalue weighted by Crippen LogP contribution is -2.33. The van der Waals surface area contributed by atoms with E-state index in [1.807, 2.05) is 0 Å². The van der Waals surface area contributed by atoms with Gasteiger partial charge in [0.25, 0.3) is 0 Å². The van der Waals surface area contributed by atoms with Crippen LogP contribution in [-0.2, 0) is 0 Å². The van der Waals surface area contributed by atoms with Crippen molar-refractivity contribution in [1.82, 2.24) is 0 Å². The molecule has 1 unspecified atom stereocenters. The summed E-state index contributed by atoms with van der Waals surface area (Å²) in [6.07, 6.45) is 19.6. The van der Waals surface area contributed by atoms with Crippen molar-refractivity contribution in [3.63, 3.8) is 0 Å². The van der Waals surface area contributed by atoms with Crippen LogP contribution in [0.4, 0.5) is 0 Å². The van der Waals surface area contributed by atoms with Gasteiger partial charge < -0.3 is 0 Å². The quantitative estimate of drug-likeness (QED) is 0.260. The Kier molecular flexibility index (Phi) is 4.88. The van der Waals surface area contributed by atoms with Crippen molar-refractivity contribution in [3.8, 4) is 22.3 Å². The lowest BCUT2D eigenvalue weighted by atomic mass is 9.83. The fourth-order valence-electron chi connectivity index (χ4n) is 6.88. The van der Waals surface area contributed by atoms with Gasteiger partial charge in [0.05, 0.1) is 0 Å². The molecule has 0 radical (unpaired) electrons. The van der Waals surface area contributed by atoms with Crippen molar-refractivity contribution in [1.29, 1.82) is 0 Å². The zero-order valence-corrected chi connectivity index (χ0v) is 21.3. The maximum Gasteiger partial charge on any atom is 0.00620 e. The van der Waals surface area contributed by atoms with Crippen LogP contribution in [0.25, 0.3) is 67.6 Å². The van der Waals surface area contributed by atoms with Gasteiger partial charge >= 0.3 is 0 Å². The van der Waals surface area contributed by atoms with Gasteiger partial charge in [-0.1, -0.05) is 115 Å². The normalized spacial score (nSPS) is 17.3. The molecule has 0 heterocycles. The lowest BCUT2D eigenvalue weighted by Gasteiger charge is -2.21. The van der Waals surface area contributed by atoms with E-state index in [1.54, 1.807) is 0 Å². The summed E-state index contributed by atoms with van der Waals surface area (Å²) in [7, 11) is 0. The van der Waals surface area contributed by atoms with E-state index in [0.29, 0.717) is 5.92 Å². The molecule has 0 spiro atoms. The van der Waals surface area contributed by atoms with Crippen LogP contribution in [0.1, 0.15) is 19.3 Å². The van der Waals surface area contributed by atoms with Gasteiger partial charge in [-0.15, -0.1) is 0 Å². The Morgan fingerprint density at radius 2 is 1.37 bits per heavy atom. The first kappa shape index (κ1) is 21.6. The van der Waals surface area contributed by atoms with Gasteiger partial charge in [-0.05, 0) is 102 Å². The average molecular weight is 485 g/mol. The molecule has 0 aliphatic heterocycles. The Bertz CT molecular complexity index is 2090. The minimum Gasteiger partial charge on any atom is -0.0767 e. The Morgan fingerprint density at radius 1 is 0.605 bits per heavy atom. The second-order valence-corrected chi connectivity index (χ2v) is 10.7. The molecular formula is C38H28. The largest absolute Gasteiger partial charge is 0.0767 e. The Labute approximate surface area is 222 Å². The van der Waals surface area contributed by atoms with Crippen LogP contribution >= 0.6 is 0 Å². The van der Waals surface area contributed by atoms with E-state index in [2.05, 4.69) is 127 Å². The molecule has 0 saturated heterocycles. The second-order valence-electron chi connectivity index (χ2n) is 10.7. The molecule has 5 aromatic rings. The molecule has 3 aliphatic carbocycles. The number of allylic oxidation sites excluding steroid dienone is 4. The predicted octanol–water partition coefficient (Wildman–Crippen LogP) is 6.76. The highest BCUT2D eigenvalue weighted by atomic mass is 14.2. The van der Waals surface area contributed by atoms with E-state index in [4.69, 9.17) is 0 Å². The molecular weight excluding hydrogens is 456 g/mol. The highest BCUT2D eigenvalue weighted by Crippen LogP contribution is 2.35. The number of hydrogen-bond donors (Lipinski definition) is 0. The van der Waals surface area contributed by atoms with Gasteiger partial charge in [-0.3, -0.25) is 0 Å². The van der Waals surface area contributed by atoms with E-state index in [-0.39, 0.29) is 0 Å². The second kappa shape index (κ2) is 8.57. The van der Waals surface area contributed by atoms with Crippen LogP contribution in [0.5, 0.6) is 0 Å².